The number of hydrogen-bond acceptors (Lipinski definition) is 7. The highest BCUT2D eigenvalue weighted by molar-refractivity contribution is 5.55. The van der Waals surface area contributed by atoms with Gasteiger partial charge in [-0.3, -0.25) is 10.1 Å². The maximum atomic E-state index is 11.5. The lowest BCUT2D eigenvalue weighted by Crippen LogP contribution is -2.20. The number of nitrogens with zero attached hydrogens (tertiary/aromatic N) is 4. The molecule has 0 radical (unpaired) electrons. The molecule has 0 atom stereocenters. The Morgan fingerprint density at radius 2 is 1.80 bits per heavy atom. The van der Waals surface area contributed by atoms with Gasteiger partial charge in [-0.15, -0.1) is 0 Å². The summed E-state index contributed by atoms with van der Waals surface area (Å²) < 4.78 is 5.17. The van der Waals surface area contributed by atoms with Crippen LogP contribution in [0.2, 0.25) is 0 Å². The van der Waals surface area contributed by atoms with Crippen LogP contribution in [0.15, 0.2) is 24.3 Å². The zero-order valence-corrected chi connectivity index (χ0v) is 17.7. The van der Waals surface area contributed by atoms with Gasteiger partial charge in [0.15, 0.2) is 0 Å². The van der Waals surface area contributed by atoms with Gasteiger partial charge in [-0.05, 0) is 69.4 Å². The molecule has 3 rings (SSSR count). The Kier molecular flexibility index (Phi) is 7.96. The Balaban J connectivity index is 1.58. The van der Waals surface area contributed by atoms with Crippen LogP contribution in [0, 0.1) is 10.1 Å². The van der Waals surface area contributed by atoms with Crippen molar-refractivity contribution in [3.8, 4) is 5.75 Å². The summed E-state index contributed by atoms with van der Waals surface area (Å²) in [6, 6.07) is 7.60. The lowest BCUT2D eigenvalue weighted by Gasteiger charge is -2.13. The number of nitrogens with two attached hydrogens (primary N) is 1. The summed E-state index contributed by atoms with van der Waals surface area (Å²) in [5.74, 6) is 1.23. The number of nitro groups is 1. The monoisotopic (exact) mass is 413 g/mol. The van der Waals surface area contributed by atoms with Crippen molar-refractivity contribution in [2.75, 3.05) is 32.5 Å². The minimum atomic E-state index is -0.463. The van der Waals surface area contributed by atoms with Crippen LogP contribution in [0.1, 0.15) is 55.6 Å². The average molecular weight is 414 g/mol. The van der Waals surface area contributed by atoms with E-state index in [2.05, 4.69) is 14.9 Å². The first-order valence-corrected chi connectivity index (χ1v) is 10.7. The van der Waals surface area contributed by atoms with Gasteiger partial charge < -0.3 is 15.4 Å². The van der Waals surface area contributed by atoms with Gasteiger partial charge >= 0.3 is 5.69 Å². The number of unbranched alkanes of at least 4 members (excludes halogenated alkanes) is 3. The van der Waals surface area contributed by atoms with E-state index in [-0.39, 0.29) is 11.5 Å². The maximum Gasteiger partial charge on any atom is 0.332 e. The topological polar surface area (TPSA) is 107 Å². The number of aryl methyl sites for hydroxylation is 1. The second-order valence-corrected chi connectivity index (χ2v) is 7.82. The van der Waals surface area contributed by atoms with Crippen molar-refractivity contribution < 1.29 is 9.66 Å². The second kappa shape index (κ2) is 10.9. The molecular weight excluding hydrogens is 382 g/mol. The SMILES string of the molecule is COc1ccc(Cc2nc(N)c([N+](=O)[O-])c(CCCCCCN3CCCC3)n2)cc1. The van der Waals surface area contributed by atoms with E-state index in [0.29, 0.717) is 24.4 Å². The zero-order chi connectivity index (χ0) is 21.3. The molecule has 2 N–H and O–H groups in total. The molecule has 0 bridgehead atoms. The van der Waals surface area contributed by atoms with Crippen LogP contribution in [-0.2, 0) is 12.8 Å². The van der Waals surface area contributed by atoms with E-state index in [1.807, 2.05) is 24.3 Å². The van der Waals surface area contributed by atoms with Crippen LogP contribution in [0.5, 0.6) is 5.75 Å². The fourth-order valence-corrected chi connectivity index (χ4v) is 3.94. The number of nitrogen functional groups attached to an aromatic ring is 1. The standard InChI is InChI=1S/C22H31N5O3/c1-30-18-11-9-17(10-12-18)16-20-24-19(21(27(28)29)22(23)25-20)8-4-2-3-5-13-26-14-6-7-15-26/h9-12H,2-8,13-16H2,1H3,(H2,23,24,25). The Hall–Kier alpha value is -2.74. The first-order valence-electron chi connectivity index (χ1n) is 10.7. The molecule has 1 aliphatic rings. The molecule has 30 heavy (non-hydrogen) atoms. The molecule has 0 unspecified atom stereocenters. The normalized spacial score (nSPS) is 14.2. The Morgan fingerprint density at radius 3 is 2.47 bits per heavy atom. The number of anilines is 1. The van der Waals surface area contributed by atoms with Gasteiger partial charge in [-0.25, -0.2) is 9.97 Å². The van der Waals surface area contributed by atoms with Crippen molar-refractivity contribution in [3.05, 3.63) is 51.5 Å². The van der Waals surface area contributed by atoms with Gasteiger partial charge in [0.05, 0.1) is 12.0 Å². The minimum Gasteiger partial charge on any atom is -0.497 e. The largest absolute Gasteiger partial charge is 0.497 e. The molecule has 8 heteroatoms. The smallest absolute Gasteiger partial charge is 0.332 e. The van der Waals surface area contributed by atoms with Crippen LogP contribution in [0.25, 0.3) is 0 Å². The molecule has 0 saturated carbocycles. The summed E-state index contributed by atoms with van der Waals surface area (Å²) >= 11 is 0. The predicted octanol–water partition coefficient (Wildman–Crippen LogP) is 3.77. The number of rotatable bonds is 11. The lowest BCUT2D eigenvalue weighted by molar-refractivity contribution is -0.385. The zero-order valence-electron chi connectivity index (χ0n) is 17.7. The third kappa shape index (κ3) is 6.13. The van der Waals surface area contributed by atoms with Gasteiger partial charge in [0.1, 0.15) is 17.3 Å². The van der Waals surface area contributed by atoms with Crippen LogP contribution < -0.4 is 10.5 Å². The van der Waals surface area contributed by atoms with Gasteiger partial charge in [0.2, 0.25) is 5.82 Å². The van der Waals surface area contributed by atoms with Gasteiger partial charge in [-0.2, -0.15) is 0 Å². The van der Waals surface area contributed by atoms with Crippen LogP contribution in [0.4, 0.5) is 11.5 Å². The second-order valence-electron chi connectivity index (χ2n) is 7.82. The Morgan fingerprint density at radius 1 is 1.10 bits per heavy atom. The van der Waals surface area contributed by atoms with E-state index in [0.717, 1.165) is 37.1 Å². The molecule has 2 heterocycles. The molecular formula is C22H31N5O3. The van der Waals surface area contributed by atoms with E-state index < -0.39 is 4.92 Å². The number of benzene rings is 1. The molecule has 0 amide bonds. The third-order valence-electron chi connectivity index (χ3n) is 5.57. The molecule has 0 aliphatic carbocycles. The van der Waals surface area contributed by atoms with Crippen molar-refractivity contribution in [3.63, 3.8) is 0 Å². The minimum absolute atomic E-state index is 0.0532. The molecule has 0 spiro atoms. The first kappa shape index (κ1) is 22.0. The van der Waals surface area contributed by atoms with E-state index >= 15 is 0 Å². The maximum absolute atomic E-state index is 11.5. The Bertz CT molecular complexity index is 835. The van der Waals surface area contributed by atoms with Crippen molar-refractivity contribution in [1.82, 2.24) is 14.9 Å². The summed E-state index contributed by atoms with van der Waals surface area (Å²) in [6.07, 6.45) is 7.84. The van der Waals surface area contributed by atoms with E-state index in [4.69, 9.17) is 10.5 Å². The van der Waals surface area contributed by atoms with Crippen LogP contribution in [0.3, 0.4) is 0 Å². The number of aromatic nitrogens is 2. The summed E-state index contributed by atoms with van der Waals surface area (Å²) in [5.41, 5.74) is 7.22. The molecule has 162 valence electrons. The van der Waals surface area contributed by atoms with Crippen LogP contribution >= 0.6 is 0 Å². The quantitative estimate of drug-likeness (QED) is 0.339. The number of likely N-dealkylation sites (tertiary alicyclic amines) is 1. The summed E-state index contributed by atoms with van der Waals surface area (Å²) in [4.78, 5) is 22.2. The molecule has 1 fully saturated rings. The van der Waals surface area contributed by atoms with Crippen molar-refractivity contribution in [1.29, 1.82) is 0 Å². The number of ether oxygens (including phenoxy) is 1. The highest BCUT2D eigenvalue weighted by Gasteiger charge is 2.22. The summed E-state index contributed by atoms with van der Waals surface area (Å²) in [7, 11) is 1.62. The van der Waals surface area contributed by atoms with Crippen molar-refractivity contribution in [2.24, 2.45) is 0 Å². The molecule has 1 aromatic carbocycles. The van der Waals surface area contributed by atoms with E-state index in [1.54, 1.807) is 7.11 Å². The highest BCUT2D eigenvalue weighted by atomic mass is 16.6. The van der Waals surface area contributed by atoms with Crippen molar-refractivity contribution >= 4 is 11.5 Å². The van der Waals surface area contributed by atoms with Gasteiger partial charge in [0.25, 0.3) is 0 Å². The predicted molar refractivity (Wildman–Crippen MR) is 117 cm³/mol. The highest BCUT2D eigenvalue weighted by Crippen LogP contribution is 2.26. The van der Waals surface area contributed by atoms with Gasteiger partial charge in [0, 0.05) is 6.42 Å². The van der Waals surface area contributed by atoms with E-state index in [1.165, 1.54) is 32.4 Å². The molecule has 1 saturated heterocycles. The lowest BCUT2D eigenvalue weighted by atomic mass is 10.1. The van der Waals surface area contributed by atoms with Crippen molar-refractivity contribution in [2.45, 2.75) is 51.4 Å². The molecule has 2 aromatic rings. The Labute approximate surface area is 177 Å². The van der Waals surface area contributed by atoms with Gasteiger partial charge in [-0.1, -0.05) is 25.0 Å². The molecule has 1 aliphatic heterocycles. The molecule has 1 aromatic heterocycles. The van der Waals surface area contributed by atoms with Crippen LogP contribution in [-0.4, -0.2) is 46.5 Å². The number of hydrogen-bond donors (Lipinski definition) is 1. The molecule has 8 nitrogen and oxygen atoms in total. The summed E-state index contributed by atoms with van der Waals surface area (Å²) in [5, 5.41) is 11.5. The summed E-state index contributed by atoms with van der Waals surface area (Å²) in [6.45, 7) is 3.61. The number of methoxy groups -OCH3 is 1. The average Bonchev–Trinajstić information content (AvgIpc) is 3.24. The first-order chi connectivity index (χ1) is 14.6. The fourth-order valence-electron chi connectivity index (χ4n) is 3.94. The third-order valence-corrected chi connectivity index (χ3v) is 5.57. The van der Waals surface area contributed by atoms with E-state index in [9.17, 15) is 10.1 Å². The fraction of sp³-hybridized carbons (Fsp3) is 0.545.